The van der Waals surface area contributed by atoms with Gasteiger partial charge in [-0.1, -0.05) is 24.3 Å². The summed E-state index contributed by atoms with van der Waals surface area (Å²) in [5, 5.41) is 0. The van der Waals surface area contributed by atoms with Gasteiger partial charge in [-0.05, 0) is 53.8 Å². The van der Waals surface area contributed by atoms with Gasteiger partial charge in [0.2, 0.25) is 15.9 Å². The molecule has 1 aliphatic heterocycles. The molecule has 0 radical (unpaired) electrons. The van der Waals surface area contributed by atoms with Gasteiger partial charge >= 0.3 is 6.18 Å². The molecule has 1 amide bonds. The maximum absolute atomic E-state index is 12.8. The Hall–Kier alpha value is -2.39. The maximum atomic E-state index is 12.8. The Bertz CT molecular complexity index is 1020. The Balaban J connectivity index is 1.80. The number of hydrogen-bond donors (Lipinski definition) is 1. The largest absolute Gasteiger partial charge is 0.416 e. The van der Waals surface area contributed by atoms with E-state index in [-0.39, 0.29) is 5.91 Å². The van der Waals surface area contributed by atoms with E-state index in [0.29, 0.717) is 25.1 Å². The zero-order chi connectivity index (χ0) is 21.4. The Morgan fingerprint density at radius 1 is 1.07 bits per heavy atom. The van der Waals surface area contributed by atoms with Gasteiger partial charge in [-0.3, -0.25) is 4.79 Å². The molecular weight excluding hydrogens is 405 g/mol. The Kier molecular flexibility index (Phi) is 5.73. The standard InChI is InChI=1S/C20H21F3N2O3S/c1-13(24-29(2,27)28)19(26)25-10-9-15-3-4-16(11-17(15)12-25)14-5-7-18(8-6-14)20(21,22)23/h3-8,11,13,24H,9-10,12H2,1-2H3/t13-/m1/s1. The molecule has 0 spiro atoms. The first-order valence-corrected chi connectivity index (χ1v) is 10.9. The second-order valence-electron chi connectivity index (χ2n) is 7.18. The van der Waals surface area contributed by atoms with Crippen molar-refractivity contribution in [1.82, 2.24) is 9.62 Å². The van der Waals surface area contributed by atoms with Crippen LogP contribution in [0.4, 0.5) is 13.2 Å². The highest BCUT2D eigenvalue weighted by atomic mass is 32.2. The van der Waals surface area contributed by atoms with Crippen LogP contribution >= 0.6 is 0 Å². The van der Waals surface area contributed by atoms with Gasteiger partial charge in [-0.15, -0.1) is 0 Å². The highest BCUT2D eigenvalue weighted by Crippen LogP contribution is 2.32. The fourth-order valence-electron chi connectivity index (χ4n) is 3.42. The van der Waals surface area contributed by atoms with Gasteiger partial charge in [0.15, 0.2) is 0 Å². The smallest absolute Gasteiger partial charge is 0.337 e. The second kappa shape index (κ2) is 7.79. The van der Waals surface area contributed by atoms with Crippen molar-refractivity contribution in [3.63, 3.8) is 0 Å². The van der Waals surface area contributed by atoms with Crippen molar-refractivity contribution in [2.24, 2.45) is 0 Å². The molecule has 0 saturated heterocycles. The minimum atomic E-state index is -4.38. The summed E-state index contributed by atoms with van der Waals surface area (Å²) in [5.41, 5.74) is 2.66. The van der Waals surface area contributed by atoms with E-state index in [0.717, 1.165) is 35.1 Å². The van der Waals surface area contributed by atoms with Gasteiger partial charge in [0.05, 0.1) is 17.9 Å². The molecule has 1 atom stereocenters. The van der Waals surface area contributed by atoms with Gasteiger partial charge < -0.3 is 4.90 Å². The van der Waals surface area contributed by atoms with Crippen LogP contribution in [0.15, 0.2) is 42.5 Å². The lowest BCUT2D eigenvalue weighted by molar-refractivity contribution is -0.137. The van der Waals surface area contributed by atoms with Gasteiger partial charge in [0, 0.05) is 13.1 Å². The molecule has 1 heterocycles. The molecule has 0 saturated carbocycles. The average Bonchev–Trinajstić information content (AvgIpc) is 2.64. The van der Waals surface area contributed by atoms with E-state index in [1.165, 1.54) is 19.1 Å². The van der Waals surface area contributed by atoms with Crippen LogP contribution in [0, 0.1) is 0 Å². The van der Waals surface area contributed by atoms with Gasteiger partial charge in [0.25, 0.3) is 0 Å². The summed E-state index contributed by atoms with van der Waals surface area (Å²) < 4.78 is 63.3. The fraction of sp³-hybridized carbons (Fsp3) is 0.350. The SMILES string of the molecule is C[C@@H](NS(C)(=O)=O)C(=O)N1CCc2ccc(-c3ccc(C(F)(F)F)cc3)cc2C1. The first-order valence-electron chi connectivity index (χ1n) is 8.99. The molecule has 0 fully saturated rings. The number of amides is 1. The normalized spacial score (nSPS) is 15.7. The molecule has 0 unspecified atom stereocenters. The molecule has 1 N–H and O–H groups in total. The van der Waals surface area contributed by atoms with E-state index >= 15 is 0 Å². The lowest BCUT2D eigenvalue weighted by atomic mass is 9.94. The molecule has 5 nitrogen and oxygen atoms in total. The van der Waals surface area contributed by atoms with Gasteiger partial charge in [-0.25, -0.2) is 13.1 Å². The van der Waals surface area contributed by atoms with E-state index in [2.05, 4.69) is 4.72 Å². The lowest BCUT2D eigenvalue weighted by Gasteiger charge is -2.31. The molecule has 0 bridgehead atoms. The summed E-state index contributed by atoms with van der Waals surface area (Å²) >= 11 is 0. The van der Waals surface area contributed by atoms with Gasteiger partial charge in [0.1, 0.15) is 0 Å². The average molecular weight is 426 g/mol. The third-order valence-corrected chi connectivity index (χ3v) is 5.62. The van der Waals surface area contributed by atoms with E-state index < -0.39 is 27.8 Å². The summed E-state index contributed by atoms with van der Waals surface area (Å²) in [5.74, 6) is -0.319. The Labute approximate surface area is 167 Å². The zero-order valence-corrected chi connectivity index (χ0v) is 16.8. The van der Waals surface area contributed by atoms with E-state index in [4.69, 9.17) is 0 Å². The summed E-state index contributed by atoms with van der Waals surface area (Å²) in [7, 11) is -3.50. The third kappa shape index (κ3) is 5.16. The zero-order valence-electron chi connectivity index (χ0n) is 16.0. The minimum absolute atomic E-state index is 0.318. The van der Waals surface area contributed by atoms with Crippen molar-refractivity contribution in [1.29, 1.82) is 0 Å². The predicted molar refractivity (Wildman–Crippen MR) is 103 cm³/mol. The van der Waals surface area contributed by atoms with E-state index in [1.807, 2.05) is 18.2 Å². The second-order valence-corrected chi connectivity index (χ2v) is 8.96. The number of carbonyl (C=O) groups excluding carboxylic acids is 1. The number of hydrogen-bond acceptors (Lipinski definition) is 3. The molecule has 29 heavy (non-hydrogen) atoms. The molecule has 3 rings (SSSR count). The number of nitrogens with one attached hydrogen (secondary N) is 1. The summed E-state index contributed by atoms with van der Waals surface area (Å²) in [6, 6.07) is 9.71. The highest BCUT2D eigenvalue weighted by Gasteiger charge is 2.30. The van der Waals surface area contributed by atoms with Gasteiger partial charge in [-0.2, -0.15) is 13.2 Å². The van der Waals surface area contributed by atoms with Crippen LogP contribution in [-0.2, 0) is 34.0 Å². The minimum Gasteiger partial charge on any atom is -0.337 e. The topological polar surface area (TPSA) is 66.5 Å². The van der Waals surface area contributed by atoms with E-state index in [1.54, 1.807) is 4.90 Å². The number of benzene rings is 2. The quantitative estimate of drug-likeness (QED) is 0.817. The van der Waals surface area contributed by atoms with Crippen LogP contribution in [0.3, 0.4) is 0 Å². The number of halogens is 3. The van der Waals surface area contributed by atoms with Crippen molar-refractivity contribution in [2.75, 3.05) is 12.8 Å². The fourth-order valence-corrected chi connectivity index (χ4v) is 4.16. The van der Waals surface area contributed by atoms with Crippen LogP contribution in [-0.4, -0.2) is 38.1 Å². The molecule has 0 aromatic heterocycles. The predicted octanol–water partition coefficient (Wildman–Crippen LogP) is 3.19. The number of rotatable bonds is 4. The molecule has 0 aliphatic carbocycles. The first kappa shape index (κ1) is 21.3. The van der Waals surface area contributed by atoms with Crippen molar-refractivity contribution in [3.8, 4) is 11.1 Å². The highest BCUT2D eigenvalue weighted by molar-refractivity contribution is 7.88. The summed E-state index contributed by atoms with van der Waals surface area (Å²) in [6.07, 6.45) is -2.76. The molecule has 156 valence electrons. The Morgan fingerprint density at radius 2 is 1.69 bits per heavy atom. The van der Waals surface area contributed by atoms with Crippen LogP contribution < -0.4 is 4.72 Å². The Morgan fingerprint density at radius 3 is 2.28 bits per heavy atom. The first-order chi connectivity index (χ1) is 13.4. The number of nitrogens with zero attached hydrogens (tertiary/aromatic N) is 1. The summed E-state index contributed by atoms with van der Waals surface area (Å²) in [6.45, 7) is 2.29. The molecule has 2 aromatic carbocycles. The van der Waals surface area contributed by atoms with Crippen molar-refractivity contribution in [2.45, 2.75) is 32.1 Å². The van der Waals surface area contributed by atoms with Crippen molar-refractivity contribution < 1.29 is 26.4 Å². The van der Waals surface area contributed by atoms with Crippen LogP contribution in [0.1, 0.15) is 23.6 Å². The number of carbonyl (C=O) groups is 1. The van der Waals surface area contributed by atoms with Crippen molar-refractivity contribution >= 4 is 15.9 Å². The molecular formula is C20H21F3N2O3S. The molecule has 1 aliphatic rings. The monoisotopic (exact) mass is 426 g/mol. The van der Waals surface area contributed by atoms with Crippen LogP contribution in [0.25, 0.3) is 11.1 Å². The summed E-state index contributed by atoms with van der Waals surface area (Å²) in [4.78, 5) is 14.1. The molecule has 2 aromatic rings. The van der Waals surface area contributed by atoms with E-state index in [9.17, 15) is 26.4 Å². The maximum Gasteiger partial charge on any atom is 0.416 e. The lowest BCUT2D eigenvalue weighted by Crippen LogP contribution is -2.48. The van der Waals surface area contributed by atoms with Crippen molar-refractivity contribution in [3.05, 3.63) is 59.2 Å². The third-order valence-electron chi connectivity index (χ3n) is 4.84. The van der Waals surface area contributed by atoms with Crippen LogP contribution in [0.2, 0.25) is 0 Å². The molecule has 9 heteroatoms. The number of sulfonamides is 1. The number of fused-ring (bicyclic) bond motifs is 1. The number of alkyl halides is 3. The van der Waals surface area contributed by atoms with Crippen LogP contribution in [0.5, 0.6) is 0 Å².